The van der Waals surface area contributed by atoms with Crippen LogP contribution in [0.25, 0.3) is 0 Å². The van der Waals surface area contributed by atoms with E-state index in [1.807, 2.05) is 0 Å². The number of ether oxygens (including phenoxy) is 2. The van der Waals surface area contributed by atoms with E-state index < -0.39 is 0 Å². The molecule has 8 heterocycles. The van der Waals surface area contributed by atoms with Crippen LogP contribution < -0.4 is 42.2 Å². The average molecular weight is 940 g/mol. The molecule has 2 atom stereocenters. The molecule has 16 nitrogen and oxygen atoms in total. The summed E-state index contributed by atoms with van der Waals surface area (Å²) in [4.78, 5) is 40.4. The van der Waals surface area contributed by atoms with Gasteiger partial charge in [-0.25, -0.2) is 39.9 Å². The van der Waals surface area contributed by atoms with Gasteiger partial charge in [0.05, 0.1) is 36.9 Å². The number of nitrogen functional groups attached to an aromatic ring is 2. The number of aromatic nitrogens is 6. The number of nitrogens with two attached hydrogens (primary N) is 4. The molecule has 2 saturated heterocycles. The van der Waals surface area contributed by atoms with E-state index in [1.165, 1.54) is 22.3 Å². The van der Waals surface area contributed by atoms with Crippen LogP contribution >= 0.6 is 23.2 Å². The summed E-state index contributed by atoms with van der Waals surface area (Å²) in [5, 5.41) is 0.514. The molecule has 0 saturated carbocycles. The van der Waals surface area contributed by atoms with Gasteiger partial charge in [0.1, 0.15) is 44.7 Å². The van der Waals surface area contributed by atoms with E-state index in [2.05, 4.69) is 88.3 Å². The van der Waals surface area contributed by atoms with Crippen molar-refractivity contribution in [2.24, 2.45) is 32.3 Å². The van der Waals surface area contributed by atoms with Gasteiger partial charge in [0.25, 0.3) is 0 Å². The van der Waals surface area contributed by atoms with Crippen molar-refractivity contribution in [3.63, 3.8) is 0 Å². The molecule has 2 spiro atoms. The lowest BCUT2D eigenvalue weighted by molar-refractivity contribution is 0.187. The Morgan fingerprint density at radius 3 is 1.37 bits per heavy atom. The number of piperidine rings is 2. The Morgan fingerprint density at radius 2 is 0.970 bits per heavy atom. The van der Waals surface area contributed by atoms with E-state index in [1.54, 1.807) is 36.9 Å². The summed E-state index contributed by atoms with van der Waals surface area (Å²) in [6.07, 6.45) is 12.9. The maximum Gasteiger partial charge on any atom is 0.243 e. The minimum Gasteiger partial charge on any atom is -0.435 e. The van der Waals surface area contributed by atoms with E-state index in [-0.39, 0.29) is 52.0 Å². The highest BCUT2D eigenvalue weighted by Crippen LogP contribution is 2.52. The first kappa shape index (κ1) is 44.4. The molecule has 4 aliphatic heterocycles. The molecule has 2 fully saturated rings. The number of fused-ring (bicyclic) bond motifs is 4. The van der Waals surface area contributed by atoms with Gasteiger partial charge in [0.2, 0.25) is 11.8 Å². The number of nitrogens with zero attached hydrogens (tertiary/aromatic N) is 10. The summed E-state index contributed by atoms with van der Waals surface area (Å²) in [7, 11) is 0. The lowest BCUT2D eigenvalue weighted by Crippen LogP contribution is -2.44. The van der Waals surface area contributed by atoms with Crippen molar-refractivity contribution in [2.45, 2.75) is 71.1 Å². The second-order valence-electron chi connectivity index (χ2n) is 17.9. The minimum absolute atomic E-state index is 0. The lowest BCUT2D eigenvalue weighted by Gasteiger charge is -2.42. The van der Waals surface area contributed by atoms with E-state index >= 15 is 0 Å². The Kier molecular flexibility index (Phi) is 11.7. The SMILES string of the molecule is C.Nc1nccc(OC2=NCc3nc(N4CCC5(CC4)Cc4ccccc4[C@@H]5N)cnc32)c1Cl.Nc1nccc(OC2=NCc3nc(N4CCC5(CC4)Cc4ccccc4[C@H]5N)cnc32)c1Cl. The van der Waals surface area contributed by atoms with Crippen molar-refractivity contribution in [1.29, 1.82) is 0 Å². The summed E-state index contributed by atoms with van der Waals surface area (Å²) in [5.41, 5.74) is 33.5. The second kappa shape index (κ2) is 17.6. The second-order valence-corrected chi connectivity index (χ2v) is 18.7. The molecule has 0 bridgehead atoms. The summed E-state index contributed by atoms with van der Waals surface area (Å²) in [5.74, 6) is 3.75. The van der Waals surface area contributed by atoms with Gasteiger partial charge in [-0.15, -0.1) is 0 Å². The predicted molar refractivity (Wildman–Crippen MR) is 262 cm³/mol. The Labute approximate surface area is 398 Å². The maximum absolute atomic E-state index is 6.72. The van der Waals surface area contributed by atoms with Crippen molar-refractivity contribution in [2.75, 3.05) is 47.4 Å². The van der Waals surface area contributed by atoms with Gasteiger partial charge in [-0.1, -0.05) is 79.2 Å². The van der Waals surface area contributed by atoms with Gasteiger partial charge in [-0.05, 0) is 71.6 Å². The molecule has 2 aliphatic carbocycles. The first-order valence-electron chi connectivity index (χ1n) is 22.2. The Hall–Kier alpha value is -6.46. The van der Waals surface area contributed by atoms with E-state index in [0.29, 0.717) is 47.8 Å². The lowest BCUT2D eigenvalue weighted by atomic mass is 9.73. The van der Waals surface area contributed by atoms with Crippen molar-refractivity contribution in [3.8, 4) is 11.5 Å². The van der Waals surface area contributed by atoms with E-state index in [0.717, 1.165) is 87.7 Å². The molecule has 67 heavy (non-hydrogen) atoms. The highest BCUT2D eigenvalue weighted by Gasteiger charge is 2.47. The smallest absolute Gasteiger partial charge is 0.243 e. The summed E-state index contributed by atoms with van der Waals surface area (Å²) < 4.78 is 11.7. The molecule has 12 rings (SSSR count). The van der Waals surface area contributed by atoms with Crippen molar-refractivity contribution < 1.29 is 9.47 Å². The zero-order chi connectivity index (χ0) is 45.2. The van der Waals surface area contributed by atoms with Gasteiger partial charge >= 0.3 is 0 Å². The molecule has 0 amide bonds. The molecule has 0 radical (unpaired) electrons. The van der Waals surface area contributed by atoms with E-state index in [4.69, 9.17) is 65.6 Å². The van der Waals surface area contributed by atoms with Crippen LogP contribution in [0.3, 0.4) is 0 Å². The number of halogens is 2. The zero-order valence-corrected chi connectivity index (χ0v) is 37.6. The van der Waals surface area contributed by atoms with Crippen molar-refractivity contribution in [1.82, 2.24) is 29.9 Å². The molecule has 344 valence electrons. The fourth-order valence-corrected chi connectivity index (χ4v) is 10.8. The van der Waals surface area contributed by atoms with Gasteiger partial charge in [-0.3, -0.25) is 0 Å². The molecule has 6 aromatic rings. The number of benzene rings is 2. The van der Waals surface area contributed by atoms with Crippen LogP contribution in [-0.4, -0.2) is 67.9 Å². The predicted octanol–water partition coefficient (Wildman–Crippen LogP) is 7.21. The first-order valence-corrected chi connectivity index (χ1v) is 23.0. The van der Waals surface area contributed by atoms with Crippen LogP contribution in [0.2, 0.25) is 10.0 Å². The first-order chi connectivity index (χ1) is 32.1. The standard InChI is InChI=1S/2C24H24ClN7O.CH4/c2*25-19-17(5-8-28-22(19)27)33-23-20-16(12-30-23)31-18(13-29-20)32-9-6-24(7-10-32)11-14-3-1-2-4-15(14)21(24)26;/h2*1-5,8,13,21H,6-7,9-12,26H2,(H2,27,28);1H4/t2*21-;/m10./s1. The monoisotopic (exact) mass is 938 g/mol. The van der Waals surface area contributed by atoms with Crippen molar-refractivity contribution in [3.05, 3.63) is 141 Å². The molecule has 0 unspecified atom stereocenters. The number of rotatable bonds is 4. The van der Waals surface area contributed by atoms with Crippen LogP contribution in [0.1, 0.15) is 90.2 Å². The number of aliphatic imine (C=N–C) groups is 2. The van der Waals surface area contributed by atoms with Crippen LogP contribution in [-0.2, 0) is 25.9 Å². The van der Waals surface area contributed by atoms with Gasteiger partial charge in [-0.2, -0.15) is 0 Å². The van der Waals surface area contributed by atoms with E-state index in [9.17, 15) is 0 Å². The van der Waals surface area contributed by atoms with Crippen molar-refractivity contribution >= 4 is 58.3 Å². The molecular weight excluding hydrogens is 888 g/mol. The summed E-state index contributed by atoms with van der Waals surface area (Å²) >= 11 is 12.4. The Morgan fingerprint density at radius 1 is 0.567 bits per heavy atom. The highest BCUT2D eigenvalue weighted by molar-refractivity contribution is 6.34. The third-order valence-corrected chi connectivity index (χ3v) is 15.1. The van der Waals surface area contributed by atoms with Gasteiger partial charge in [0.15, 0.2) is 11.5 Å². The third kappa shape index (κ3) is 7.94. The van der Waals surface area contributed by atoms with Gasteiger partial charge < -0.3 is 42.2 Å². The topological polar surface area (TPSA) is 231 Å². The maximum atomic E-state index is 6.72. The molecule has 4 aromatic heterocycles. The van der Waals surface area contributed by atoms with Crippen LogP contribution in [0.4, 0.5) is 23.3 Å². The Bertz CT molecular complexity index is 2740. The van der Waals surface area contributed by atoms with Crippen LogP contribution in [0.5, 0.6) is 11.5 Å². The molecule has 18 heteroatoms. The Balaban J connectivity index is 0.000000154. The number of hydrogen-bond donors (Lipinski definition) is 4. The quantitative estimate of drug-likeness (QED) is 0.137. The minimum atomic E-state index is 0. The van der Waals surface area contributed by atoms with Crippen LogP contribution in [0, 0.1) is 10.8 Å². The molecule has 6 aliphatic rings. The molecular formula is C49H52Cl2N14O2. The fourth-order valence-electron chi connectivity index (χ4n) is 10.5. The molecule has 2 aromatic carbocycles. The number of hydrogen-bond acceptors (Lipinski definition) is 16. The summed E-state index contributed by atoms with van der Waals surface area (Å²) in [6.45, 7) is 4.47. The summed E-state index contributed by atoms with van der Waals surface area (Å²) in [6, 6.07) is 20.7. The number of anilines is 4. The largest absolute Gasteiger partial charge is 0.435 e. The van der Waals surface area contributed by atoms with Gasteiger partial charge in [0, 0.05) is 62.8 Å². The third-order valence-electron chi connectivity index (χ3n) is 14.3. The highest BCUT2D eigenvalue weighted by atomic mass is 35.5. The zero-order valence-electron chi connectivity index (χ0n) is 36.1. The van der Waals surface area contributed by atoms with Crippen LogP contribution in [0.15, 0.2) is 95.4 Å². The fraction of sp³-hybridized carbons (Fsp3) is 0.347. The number of pyridine rings is 2. The molecule has 8 N–H and O–H groups in total. The normalized spacial score (nSPS) is 20.2. The average Bonchev–Trinajstić information content (AvgIpc) is 4.08.